The maximum Gasteiger partial charge on any atom is 0.304 e. The zero-order valence-electron chi connectivity index (χ0n) is 14.2. The first-order chi connectivity index (χ1) is 13.0. The normalized spacial score (nSPS) is 11.5. The highest BCUT2D eigenvalue weighted by atomic mass is 35.5. The molecule has 0 saturated carbocycles. The van der Waals surface area contributed by atoms with Crippen molar-refractivity contribution >= 4 is 61.5 Å². The van der Waals surface area contributed by atoms with Gasteiger partial charge in [0.05, 0.1) is 32.4 Å². The van der Waals surface area contributed by atoms with Crippen molar-refractivity contribution in [2.75, 3.05) is 13.1 Å². The molecule has 0 fully saturated rings. The Labute approximate surface area is 169 Å². The molecule has 0 saturated heterocycles. The highest BCUT2D eigenvalue weighted by Crippen LogP contribution is 2.37. The SMILES string of the molecule is O=C(O)CCNCCc1ccc(N=Nc2nc3ccc(Cl)c(Cl)c3s2)cc1. The number of hydrogen-bond acceptors (Lipinski definition) is 6. The molecule has 0 aliphatic heterocycles. The number of benzene rings is 2. The topological polar surface area (TPSA) is 86.9 Å². The second kappa shape index (κ2) is 9.23. The number of nitrogens with zero attached hydrogens (tertiary/aromatic N) is 3. The van der Waals surface area contributed by atoms with Crippen LogP contribution in [-0.4, -0.2) is 29.1 Å². The molecule has 0 aliphatic carbocycles. The molecule has 0 bridgehead atoms. The van der Waals surface area contributed by atoms with Crippen molar-refractivity contribution < 1.29 is 9.90 Å². The number of carboxylic acid groups (broad SMARTS) is 1. The fraction of sp³-hybridized carbons (Fsp3) is 0.222. The lowest BCUT2D eigenvalue weighted by Gasteiger charge is -2.03. The Hall–Kier alpha value is -2.06. The number of fused-ring (bicyclic) bond motifs is 1. The average Bonchev–Trinajstić information content (AvgIpc) is 3.07. The summed E-state index contributed by atoms with van der Waals surface area (Å²) in [7, 11) is 0. The summed E-state index contributed by atoms with van der Waals surface area (Å²) in [6.45, 7) is 1.20. The number of carbonyl (C=O) groups is 1. The van der Waals surface area contributed by atoms with Crippen LogP contribution in [0.4, 0.5) is 10.8 Å². The number of aliphatic carboxylic acids is 1. The van der Waals surface area contributed by atoms with Crippen molar-refractivity contribution in [2.45, 2.75) is 12.8 Å². The highest BCUT2D eigenvalue weighted by Gasteiger charge is 2.09. The van der Waals surface area contributed by atoms with Gasteiger partial charge in [-0.25, -0.2) is 4.98 Å². The quantitative estimate of drug-likeness (QED) is 0.363. The number of nitrogens with one attached hydrogen (secondary N) is 1. The van der Waals surface area contributed by atoms with Crippen molar-refractivity contribution in [3.63, 3.8) is 0 Å². The van der Waals surface area contributed by atoms with E-state index in [1.165, 1.54) is 11.3 Å². The molecule has 1 heterocycles. The largest absolute Gasteiger partial charge is 0.481 e. The second-order valence-corrected chi connectivity index (χ2v) is 7.48. The molecular formula is C18H16Cl2N4O2S. The number of aromatic nitrogens is 1. The molecule has 3 rings (SSSR count). The molecule has 3 aromatic rings. The fourth-order valence-electron chi connectivity index (χ4n) is 2.35. The maximum atomic E-state index is 10.4. The molecule has 2 aromatic carbocycles. The van der Waals surface area contributed by atoms with Crippen molar-refractivity contribution in [1.82, 2.24) is 10.3 Å². The van der Waals surface area contributed by atoms with Crippen LogP contribution < -0.4 is 5.32 Å². The Kier molecular flexibility index (Phi) is 6.73. The van der Waals surface area contributed by atoms with Gasteiger partial charge in [0.1, 0.15) is 0 Å². The van der Waals surface area contributed by atoms with Gasteiger partial charge in [-0.15, -0.1) is 10.2 Å². The summed E-state index contributed by atoms with van der Waals surface area (Å²) in [6.07, 6.45) is 0.941. The monoisotopic (exact) mass is 422 g/mol. The second-order valence-electron chi connectivity index (χ2n) is 5.72. The van der Waals surface area contributed by atoms with Crippen LogP contribution in [0.15, 0.2) is 46.6 Å². The molecule has 1 aromatic heterocycles. The zero-order valence-corrected chi connectivity index (χ0v) is 16.5. The van der Waals surface area contributed by atoms with Gasteiger partial charge in [0.15, 0.2) is 0 Å². The van der Waals surface area contributed by atoms with E-state index in [0.717, 1.165) is 34.4 Å². The van der Waals surface area contributed by atoms with Gasteiger partial charge >= 0.3 is 5.97 Å². The van der Waals surface area contributed by atoms with Crippen molar-refractivity contribution in [2.24, 2.45) is 10.2 Å². The molecule has 0 radical (unpaired) electrons. The van der Waals surface area contributed by atoms with Gasteiger partial charge in [-0.2, -0.15) is 0 Å². The summed E-state index contributed by atoms with van der Waals surface area (Å²) in [5.41, 5.74) is 2.60. The molecule has 27 heavy (non-hydrogen) atoms. The van der Waals surface area contributed by atoms with Crippen molar-refractivity contribution in [1.29, 1.82) is 0 Å². The third kappa shape index (κ3) is 5.46. The van der Waals surface area contributed by atoms with E-state index < -0.39 is 5.97 Å². The summed E-state index contributed by atoms with van der Waals surface area (Å²) in [6, 6.07) is 11.2. The molecule has 0 atom stereocenters. The summed E-state index contributed by atoms with van der Waals surface area (Å²) < 4.78 is 0.795. The van der Waals surface area contributed by atoms with Gasteiger partial charge in [-0.1, -0.05) is 46.7 Å². The maximum absolute atomic E-state index is 10.4. The third-order valence-corrected chi connectivity index (χ3v) is 5.62. The molecule has 0 spiro atoms. The smallest absolute Gasteiger partial charge is 0.304 e. The van der Waals surface area contributed by atoms with Gasteiger partial charge in [0.25, 0.3) is 0 Å². The van der Waals surface area contributed by atoms with Crippen molar-refractivity contribution in [3.8, 4) is 0 Å². The fourth-order valence-corrected chi connectivity index (χ4v) is 3.66. The lowest BCUT2D eigenvalue weighted by atomic mass is 10.1. The Morgan fingerprint density at radius 2 is 1.89 bits per heavy atom. The number of azo groups is 1. The lowest BCUT2D eigenvalue weighted by molar-refractivity contribution is -0.136. The number of rotatable bonds is 8. The molecule has 6 nitrogen and oxygen atoms in total. The van der Waals surface area contributed by atoms with Gasteiger partial charge in [0, 0.05) is 6.54 Å². The Morgan fingerprint density at radius 3 is 2.63 bits per heavy atom. The van der Waals surface area contributed by atoms with Gasteiger partial charge < -0.3 is 10.4 Å². The molecular weight excluding hydrogens is 407 g/mol. The van der Waals surface area contributed by atoms with E-state index in [4.69, 9.17) is 28.3 Å². The first kappa shape index (κ1) is 19.7. The summed E-state index contributed by atoms with van der Waals surface area (Å²) >= 11 is 13.5. The zero-order chi connectivity index (χ0) is 19.2. The van der Waals surface area contributed by atoms with Crippen LogP contribution in [0.1, 0.15) is 12.0 Å². The van der Waals surface area contributed by atoms with Crippen LogP contribution in [0.5, 0.6) is 0 Å². The summed E-state index contributed by atoms with van der Waals surface area (Å²) in [5.74, 6) is -0.796. The van der Waals surface area contributed by atoms with Crippen LogP contribution in [0.2, 0.25) is 10.0 Å². The molecule has 0 unspecified atom stereocenters. The minimum Gasteiger partial charge on any atom is -0.481 e. The number of halogens is 2. The van der Waals surface area contributed by atoms with E-state index >= 15 is 0 Å². The van der Waals surface area contributed by atoms with Crippen LogP contribution in [0, 0.1) is 0 Å². The predicted molar refractivity (Wildman–Crippen MR) is 109 cm³/mol. The van der Waals surface area contributed by atoms with E-state index in [2.05, 4.69) is 20.5 Å². The number of carboxylic acids is 1. The molecule has 0 amide bonds. The Bertz CT molecular complexity index is 973. The first-order valence-electron chi connectivity index (χ1n) is 8.20. The molecule has 0 aliphatic rings. The molecule has 140 valence electrons. The van der Waals surface area contributed by atoms with Gasteiger partial charge in [-0.05, 0) is 42.8 Å². The Balaban J connectivity index is 1.58. The third-order valence-electron chi connectivity index (χ3n) is 3.73. The molecule has 2 N–H and O–H groups in total. The van der Waals surface area contributed by atoms with E-state index in [1.54, 1.807) is 12.1 Å². The predicted octanol–water partition coefficient (Wildman–Crippen LogP) is 5.63. The van der Waals surface area contributed by atoms with Gasteiger partial charge in [0.2, 0.25) is 5.13 Å². The summed E-state index contributed by atoms with van der Waals surface area (Å²) in [5, 5.41) is 21.6. The number of hydrogen-bond donors (Lipinski definition) is 2. The van der Waals surface area contributed by atoms with Crippen LogP contribution in [-0.2, 0) is 11.2 Å². The van der Waals surface area contributed by atoms with E-state index in [9.17, 15) is 4.79 Å². The van der Waals surface area contributed by atoms with Gasteiger partial charge in [-0.3, -0.25) is 4.79 Å². The number of thiazole rings is 1. The van der Waals surface area contributed by atoms with Crippen LogP contribution in [0.3, 0.4) is 0 Å². The Morgan fingerprint density at radius 1 is 1.11 bits per heavy atom. The minimum absolute atomic E-state index is 0.127. The van der Waals surface area contributed by atoms with E-state index in [1.807, 2.05) is 24.3 Å². The standard InChI is InChI=1S/C18H16Cl2N4O2S/c19-13-5-6-14-17(16(13)20)27-18(22-14)24-23-12-3-1-11(2-4-12)7-9-21-10-8-15(25)26/h1-6,21H,7-10H2,(H,25,26). The van der Waals surface area contributed by atoms with Crippen LogP contribution in [0.25, 0.3) is 10.2 Å². The minimum atomic E-state index is -0.796. The lowest BCUT2D eigenvalue weighted by Crippen LogP contribution is -2.20. The van der Waals surface area contributed by atoms with Crippen molar-refractivity contribution in [3.05, 3.63) is 52.0 Å². The van der Waals surface area contributed by atoms with E-state index in [0.29, 0.717) is 21.7 Å². The average molecular weight is 423 g/mol. The van der Waals surface area contributed by atoms with E-state index in [-0.39, 0.29) is 6.42 Å². The summed E-state index contributed by atoms with van der Waals surface area (Å²) in [4.78, 5) is 14.8. The molecule has 9 heteroatoms. The highest BCUT2D eigenvalue weighted by molar-refractivity contribution is 7.22. The first-order valence-corrected chi connectivity index (χ1v) is 9.78. The van der Waals surface area contributed by atoms with Crippen LogP contribution >= 0.6 is 34.5 Å².